The Morgan fingerprint density at radius 3 is 2.83 bits per heavy atom. The number of aromatic nitrogens is 1. The Balaban J connectivity index is 1.84. The Hall–Kier alpha value is -2.38. The molecule has 0 radical (unpaired) electrons. The van der Waals surface area contributed by atoms with Gasteiger partial charge in [-0.3, -0.25) is 0 Å². The summed E-state index contributed by atoms with van der Waals surface area (Å²) in [6, 6.07) is 3.01. The number of anilines is 1. The molecule has 0 saturated carbocycles. The molecule has 1 unspecified atom stereocenters. The van der Waals surface area contributed by atoms with E-state index < -0.39 is 10.5 Å². The molecule has 2 heterocycles. The highest BCUT2D eigenvalue weighted by atomic mass is 16.6. The highest BCUT2D eigenvalue weighted by molar-refractivity contribution is 5.68. The van der Waals surface area contributed by atoms with Crippen LogP contribution in [-0.2, 0) is 4.74 Å². The number of nitrogens with zero attached hydrogens (tertiary/aromatic N) is 3. The maximum absolute atomic E-state index is 12.1. The van der Waals surface area contributed by atoms with Gasteiger partial charge in [0.1, 0.15) is 5.60 Å². The second-order valence-corrected chi connectivity index (χ2v) is 6.98. The molecule has 132 valence electrons. The molecule has 8 heteroatoms. The number of carbonyl (C=O) groups excluding carboxylic acids is 1. The number of piperidine rings is 1. The summed E-state index contributed by atoms with van der Waals surface area (Å²) in [6.07, 6.45) is 3.13. The zero-order valence-electron chi connectivity index (χ0n) is 14.3. The van der Waals surface area contributed by atoms with Crippen LogP contribution in [0.1, 0.15) is 33.6 Å². The van der Waals surface area contributed by atoms with E-state index in [-0.39, 0.29) is 11.9 Å². The molecule has 1 N–H and O–H groups in total. The predicted molar refractivity (Wildman–Crippen MR) is 89.9 cm³/mol. The van der Waals surface area contributed by atoms with E-state index in [1.807, 2.05) is 20.8 Å². The summed E-state index contributed by atoms with van der Waals surface area (Å²) in [4.78, 5) is 27.7. The summed E-state index contributed by atoms with van der Waals surface area (Å²) < 4.78 is 5.42. The number of nitrogens with one attached hydrogen (secondary N) is 1. The van der Waals surface area contributed by atoms with E-state index >= 15 is 0 Å². The number of hydrogen-bond acceptors (Lipinski definition) is 6. The first kappa shape index (κ1) is 18.0. The normalized spacial score (nSPS) is 18.1. The van der Waals surface area contributed by atoms with Crippen molar-refractivity contribution in [2.24, 2.45) is 5.92 Å². The Bertz CT molecular complexity index is 583. The molecule has 0 bridgehead atoms. The summed E-state index contributed by atoms with van der Waals surface area (Å²) in [6.45, 7) is 7.60. The van der Waals surface area contributed by atoms with E-state index in [4.69, 9.17) is 4.74 Å². The van der Waals surface area contributed by atoms with E-state index in [1.165, 1.54) is 12.3 Å². The fraction of sp³-hybridized carbons (Fsp3) is 0.625. The minimum absolute atomic E-state index is 0.172. The summed E-state index contributed by atoms with van der Waals surface area (Å²) >= 11 is 0. The van der Waals surface area contributed by atoms with Crippen LogP contribution in [0.4, 0.5) is 16.3 Å². The third kappa shape index (κ3) is 5.36. The van der Waals surface area contributed by atoms with Crippen molar-refractivity contribution in [3.8, 4) is 0 Å². The minimum atomic E-state index is -0.524. The van der Waals surface area contributed by atoms with Crippen molar-refractivity contribution in [3.05, 3.63) is 28.4 Å². The molecule has 1 fully saturated rings. The number of amides is 1. The smallest absolute Gasteiger partial charge is 0.410 e. The molecule has 1 amide bonds. The second kappa shape index (κ2) is 7.46. The number of nitro groups is 1. The monoisotopic (exact) mass is 336 g/mol. The lowest BCUT2D eigenvalue weighted by Gasteiger charge is -2.34. The number of hydrogen-bond donors (Lipinski definition) is 1. The maximum atomic E-state index is 12.1. The Morgan fingerprint density at radius 2 is 2.25 bits per heavy atom. The van der Waals surface area contributed by atoms with E-state index in [1.54, 1.807) is 11.0 Å². The lowest BCUT2D eigenvalue weighted by Crippen LogP contribution is -2.44. The van der Waals surface area contributed by atoms with Crippen molar-refractivity contribution < 1.29 is 14.5 Å². The highest BCUT2D eigenvalue weighted by Crippen LogP contribution is 2.20. The van der Waals surface area contributed by atoms with E-state index in [0.29, 0.717) is 25.6 Å². The van der Waals surface area contributed by atoms with Gasteiger partial charge >= 0.3 is 11.9 Å². The highest BCUT2D eigenvalue weighted by Gasteiger charge is 2.27. The molecule has 0 spiro atoms. The van der Waals surface area contributed by atoms with Gasteiger partial charge in [0.05, 0.1) is 5.69 Å². The van der Waals surface area contributed by atoms with Crippen LogP contribution in [-0.4, -0.2) is 46.1 Å². The van der Waals surface area contributed by atoms with Gasteiger partial charge in [-0.1, -0.05) is 0 Å². The molecule has 1 aromatic rings. The number of carbonyl (C=O) groups is 1. The fourth-order valence-corrected chi connectivity index (χ4v) is 2.58. The van der Waals surface area contributed by atoms with Gasteiger partial charge in [-0.2, -0.15) is 0 Å². The van der Waals surface area contributed by atoms with Gasteiger partial charge in [0.25, 0.3) is 0 Å². The lowest BCUT2D eigenvalue weighted by atomic mass is 9.98. The topological polar surface area (TPSA) is 97.6 Å². The van der Waals surface area contributed by atoms with Crippen LogP contribution in [0.25, 0.3) is 0 Å². The molecular weight excluding hydrogens is 312 g/mol. The molecule has 1 saturated heterocycles. The average Bonchev–Trinajstić information content (AvgIpc) is 2.52. The van der Waals surface area contributed by atoms with Crippen LogP contribution in [0.2, 0.25) is 0 Å². The predicted octanol–water partition coefficient (Wildman–Crippen LogP) is 3.05. The molecule has 1 aliphatic rings. The van der Waals surface area contributed by atoms with Gasteiger partial charge in [0.15, 0.2) is 6.20 Å². The van der Waals surface area contributed by atoms with Crippen LogP contribution < -0.4 is 5.32 Å². The van der Waals surface area contributed by atoms with Crippen molar-refractivity contribution in [2.45, 2.75) is 39.2 Å². The summed E-state index contributed by atoms with van der Waals surface area (Å²) in [5, 5.41) is 13.8. The van der Waals surface area contributed by atoms with Crippen molar-refractivity contribution in [1.29, 1.82) is 0 Å². The first-order valence-corrected chi connectivity index (χ1v) is 8.07. The van der Waals surface area contributed by atoms with Crippen LogP contribution in [0.15, 0.2) is 18.3 Å². The Kier molecular flexibility index (Phi) is 5.58. The van der Waals surface area contributed by atoms with E-state index in [9.17, 15) is 14.9 Å². The van der Waals surface area contributed by atoms with Crippen molar-refractivity contribution in [3.63, 3.8) is 0 Å². The van der Waals surface area contributed by atoms with Crippen molar-refractivity contribution >= 4 is 17.6 Å². The zero-order valence-corrected chi connectivity index (χ0v) is 14.3. The molecule has 0 aromatic carbocycles. The molecular formula is C16H24N4O4. The quantitative estimate of drug-likeness (QED) is 0.670. The van der Waals surface area contributed by atoms with E-state index in [2.05, 4.69) is 10.3 Å². The first-order chi connectivity index (χ1) is 11.2. The van der Waals surface area contributed by atoms with Gasteiger partial charge in [-0.15, -0.1) is 0 Å². The molecule has 1 atom stereocenters. The van der Waals surface area contributed by atoms with Crippen molar-refractivity contribution in [1.82, 2.24) is 9.88 Å². The lowest BCUT2D eigenvalue weighted by molar-refractivity contribution is -0.389. The molecule has 24 heavy (non-hydrogen) atoms. The summed E-state index contributed by atoms with van der Waals surface area (Å²) in [5.41, 5.74) is 0.238. The third-order valence-corrected chi connectivity index (χ3v) is 3.70. The SMILES string of the molecule is CC(C)(C)OC(=O)N1CCCC(CNc2ccc([N+](=O)[O-])nc2)C1. The number of rotatable bonds is 4. The average molecular weight is 336 g/mol. The van der Waals surface area contributed by atoms with Crippen molar-refractivity contribution in [2.75, 3.05) is 25.0 Å². The Morgan fingerprint density at radius 1 is 1.50 bits per heavy atom. The van der Waals surface area contributed by atoms with Crippen LogP contribution in [0.3, 0.4) is 0 Å². The zero-order chi connectivity index (χ0) is 17.7. The summed E-state index contributed by atoms with van der Waals surface area (Å²) in [7, 11) is 0. The molecule has 0 aliphatic carbocycles. The second-order valence-electron chi connectivity index (χ2n) is 6.98. The Labute approximate surface area is 141 Å². The van der Waals surface area contributed by atoms with Gasteiger partial charge in [-0.25, -0.2) is 4.79 Å². The largest absolute Gasteiger partial charge is 0.444 e. The third-order valence-electron chi connectivity index (χ3n) is 3.70. The first-order valence-electron chi connectivity index (χ1n) is 8.07. The summed E-state index contributed by atoms with van der Waals surface area (Å²) in [5.74, 6) is 0.135. The molecule has 1 aromatic heterocycles. The standard InChI is InChI=1S/C16H24N4O4/c1-16(2,3)24-15(21)19-8-4-5-12(11-19)9-17-13-6-7-14(18-10-13)20(22)23/h6-7,10,12,17H,4-5,8-9,11H2,1-3H3. The maximum Gasteiger partial charge on any atom is 0.410 e. The number of ether oxygens (including phenoxy) is 1. The van der Waals surface area contributed by atoms with Gasteiger partial charge in [0.2, 0.25) is 0 Å². The molecule has 2 rings (SSSR count). The van der Waals surface area contributed by atoms with E-state index in [0.717, 1.165) is 18.5 Å². The van der Waals surface area contributed by atoms with Gasteiger partial charge < -0.3 is 25.1 Å². The van der Waals surface area contributed by atoms with Gasteiger partial charge in [0, 0.05) is 25.7 Å². The minimum Gasteiger partial charge on any atom is -0.444 e. The van der Waals surface area contributed by atoms with Crippen LogP contribution >= 0.6 is 0 Å². The number of likely N-dealkylation sites (tertiary alicyclic amines) is 1. The molecule has 8 nitrogen and oxygen atoms in total. The van der Waals surface area contributed by atoms with Crippen LogP contribution in [0, 0.1) is 16.0 Å². The number of pyridine rings is 1. The fourth-order valence-electron chi connectivity index (χ4n) is 2.58. The molecule has 1 aliphatic heterocycles. The van der Waals surface area contributed by atoms with Crippen LogP contribution in [0.5, 0.6) is 0 Å². The van der Waals surface area contributed by atoms with Gasteiger partial charge in [-0.05, 0) is 55.5 Å².